The van der Waals surface area contributed by atoms with Crippen molar-refractivity contribution in [3.63, 3.8) is 0 Å². The highest BCUT2D eigenvalue weighted by Gasteiger charge is 2.23. The van der Waals surface area contributed by atoms with Crippen LogP contribution in [0.2, 0.25) is 0 Å². The minimum absolute atomic E-state index is 0.158. The van der Waals surface area contributed by atoms with E-state index in [1.165, 1.54) is 0 Å². The van der Waals surface area contributed by atoms with Crippen molar-refractivity contribution >= 4 is 9.84 Å². The molecule has 1 unspecified atom stereocenters. The Morgan fingerprint density at radius 3 is 2.93 bits per heavy atom. The van der Waals surface area contributed by atoms with E-state index < -0.39 is 9.84 Å². The summed E-state index contributed by atoms with van der Waals surface area (Å²) in [7, 11) is -2.77. The van der Waals surface area contributed by atoms with Crippen LogP contribution in [0.15, 0.2) is 0 Å². The molecule has 1 saturated heterocycles. The maximum Gasteiger partial charge on any atom is 0.151 e. The molecule has 1 aliphatic heterocycles. The molecule has 0 aromatic heterocycles. The van der Waals surface area contributed by atoms with Crippen molar-refractivity contribution in [1.82, 2.24) is 5.32 Å². The fourth-order valence-electron chi connectivity index (χ4n) is 1.81. The normalized spacial score (nSPS) is 25.3. The molecular weight excluding hydrogens is 214 g/mol. The van der Waals surface area contributed by atoms with Crippen molar-refractivity contribution in [3.8, 4) is 0 Å². The molecule has 0 bridgehead atoms. The fraction of sp³-hybridized carbons (Fsp3) is 1.00. The quantitative estimate of drug-likeness (QED) is 0.684. The minimum Gasteiger partial charge on any atom is -0.382 e. The van der Waals surface area contributed by atoms with Crippen LogP contribution in [0.5, 0.6) is 0 Å². The predicted molar refractivity (Wildman–Crippen MR) is 60.8 cm³/mol. The molecule has 1 aliphatic rings. The summed E-state index contributed by atoms with van der Waals surface area (Å²) in [6.07, 6.45) is 2.73. The molecule has 0 amide bonds. The second-order valence-electron chi connectivity index (χ2n) is 3.96. The van der Waals surface area contributed by atoms with E-state index in [4.69, 9.17) is 4.74 Å². The van der Waals surface area contributed by atoms with Gasteiger partial charge in [0.05, 0.1) is 11.5 Å². The van der Waals surface area contributed by atoms with Gasteiger partial charge in [0.2, 0.25) is 0 Å². The average molecular weight is 235 g/mol. The van der Waals surface area contributed by atoms with Crippen molar-refractivity contribution < 1.29 is 13.2 Å². The number of rotatable bonds is 6. The first-order valence-corrected chi connectivity index (χ1v) is 7.48. The van der Waals surface area contributed by atoms with Crippen LogP contribution in [0.25, 0.3) is 0 Å². The van der Waals surface area contributed by atoms with Crippen LogP contribution in [0.3, 0.4) is 0 Å². The van der Waals surface area contributed by atoms with Gasteiger partial charge in [0.25, 0.3) is 0 Å². The van der Waals surface area contributed by atoms with Gasteiger partial charge in [-0.1, -0.05) is 0 Å². The second-order valence-corrected chi connectivity index (χ2v) is 6.19. The van der Waals surface area contributed by atoms with Crippen LogP contribution in [-0.2, 0) is 14.6 Å². The van der Waals surface area contributed by atoms with Crippen LogP contribution in [0, 0.1) is 0 Å². The van der Waals surface area contributed by atoms with Crippen LogP contribution < -0.4 is 5.32 Å². The van der Waals surface area contributed by atoms with Gasteiger partial charge < -0.3 is 10.1 Å². The van der Waals surface area contributed by atoms with Gasteiger partial charge in [-0.25, -0.2) is 8.42 Å². The van der Waals surface area contributed by atoms with E-state index in [0.29, 0.717) is 11.5 Å². The summed E-state index contributed by atoms with van der Waals surface area (Å²) < 4.78 is 27.9. The molecule has 1 N–H and O–H groups in total. The number of hydrogen-bond donors (Lipinski definition) is 1. The summed E-state index contributed by atoms with van der Waals surface area (Å²) in [5, 5.41) is 3.28. The largest absolute Gasteiger partial charge is 0.382 e. The van der Waals surface area contributed by atoms with Crippen molar-refractivity contribution in [2.45, 2.75) is 32.2 Å². The Balaban J connectivity index is 2.11. The van der Waals surface area contributed by atoms with Gasteiger partial charge in [-0.05, 0) is 32.7 Å². The van der Waals surface area contributed by atoms with Crippen LogP contribution in [-0.4, -0.2) is 45.7 Å². The first kappa shape index (κ1) is 12.9. The second kappa shape index (κ2) is 6.45. The van der Waals surface area contributed by atoms with E-state index in [-0.39, 0.29) is 6.04 Å². The SMILES string of the molecule is CCOCCCNC1CCCS(=O)(=O)C1. The van der Waals surface area contributed by atoms with Crippen LogP contribution in [0.4, 0.5) is 0 Å². The molecule has 90 valence electrons. The van der Waals surface area contributed by atoms with Gasteiger partial charge in [0, 0.05) is 19.3 Å². The summed E-state index contributed by atoms with van der Waals surface area (Å²) in [5.41, 5.74) is 0. The van der Waals surface area contributed by atoms with Crippen molar-refractivity contribution in [3.05, 3.63) is 0 Å². The van der Waals surface area contributed by atoms with E-state index in [2.05, 4.69) is 5.32 Å². The molecule has 0 aromatic rings. The lowest BCUT2D eigenvalue weighted by molar-refractivity contribution is 0.144. The van der Waals surface area contributed by atoms with Gasteiger partial charge in [-0.15, -0.1) is 0 Å². The standard InChI is InChI=1S/C10H21NO3S/c1-2-14-7-4-6-11-10-5-3-8-15(12,13)9-10/h10-11H,2-9H2,1H3. The molecule has 1 fully saturated rings. The Labute approximate surface area is 92.3 Å². The van der Waals surface area contributed by atoms with E-state index >= 15 is 0 Å². The van der Waals surface area contributed by atoms with Gasteiger partial charge >= 0.3 is 0 Å². The van der Waals surface area contributed by atoms with E-state index in [0.717, 1.165) is 39.0 Å². The maximum atomic E-state index is 11.3. The highest BCUT2D eigenvalue weighted by molar-refractivity contribution is 7.91. The highest BCUT2D eigenvalue weighted by atomic mass is 32.2. The molecular formula is C10H21NO3S. The number of hydrogen-bond acceptors (Lipinski definition) is 4. The van der Waals surface area contributed by atoms with Gasteiger partial charge in [-0.2, -0.15) is 0 Å². The molecule has 15 heavy (non-hydrogen) atoms. The Morgan fingerprint density at radius 2 is 2.27 bits per heavy atom. The molecule has 1 atom stereocenters. The lowest BCUT2D eigenvalue weighted by atomic mass is 10.2. The first-order chi connectivity index (χ1) is 7.14. The lowest BCUT2D eigenvalue weighted by Crippen LogP contribution is -2.40. The Hall–Kier alpha value is -0.130. The zero-order valence-corrected chi connectivity index (χ0v) is 10.2. The number of nitrogens with one attached hydrogen (secondary N) is 1. The maximum absolute atomic E-state index is 11.3. The lowest BCUT2D eigenvalue weighted by Gasteiger charge is -2.22. The predicted octanol–water partition coefficient (Wildman–Crippen LogP) is 0.580. The smallest absolute Gasteiger partial charge is 0.151 e. The summed E-state index contributed by atoms with van der Waals surface area (Å²) in [6.45, 7) is 4.32. The molecule has 1 heterocycles. The van der Waals surface area contributed by atoms with Crippen LogP contribution >= 0.6 is 0 Å². The zero-order chi connectivity index (χ0) is 11.1. The van der Waals surface area contributed by atoms with Gasteiger partial charge in [0.15, 0.2) is 9.84 Å². The Bertz CT molecular complexity index is 264. The van der Waals surface area contributed by atoms with Gasteiger partial charge in [-0.3, -0.25) is 0 Å². The third kappa shape index (κ3) is 5.49. The molecule has 4 nitrogen and oxygen atoms in total. The van der Waals surface area contributed by atoms with Crippen molar-refractivity contribution in [2.75, 3.05) is 31.3 Å². The molecule has 1 rings (SSSR count). The molecule has 5 heteroatoms. The number of ether oxygens (including phenoxy) is 1. The van der Waals surface area contributed by atoms with Crippen molar-refractivity contribution in [2.24, 2.45) is 0 Å². The third-order valence-corrected chi connectivity index (χ3v) is 4.39. The monoisotopic (exact) mass is 235 g/mol. The average Bonchev–Trinajstić information content (AvgIpc) is 2.16. The van der Waals surface area contributed by atoms with Gasteiger partial charge in [0.1, 0.15) is 0 Å². The minimum atomic E-state index is -2.77. The molecule has 0 radical (unpaired) electrons. The highest BCUT2D eigenvalue weighted by Crippen LogP contribution is 2.11. The molecule has 0 aromatic carbocycles. The topological polar surface area (TPSA) is 55.4 Å². The molecule has 0 saturated carbocycles. The van der Waals surface area contributed by atoms with E-state index in [1.807, 2.05) is 6.92 Å². The number of sulfone groups is 1. The third-order valence-electron chi connectivity index (χ3n) is 2.57. The summed E-state index contributed by atoms with van der Waals surface area (Å²) in [6, 6.07) is 0.158. The Kier molecular flexibility index (Phi) is 5.56. The van der Waals surface area contributed by atoms with Crippen molar-refractivity contribution in [1.29, 1.82) is 0 Å². The van der Waals surface area contributed by atoms with E-state index in [1.54, 1.807) is 0 Å². The zero-order valence-electron chi connectivity index (χ0n) is 9.37. The van der Waals surface area contributed by atoms with E-state index in [9.17, 15) is 8.42 Å². The fourth-order valence-corrected chi connectivity index (χ4v) is 3.48. The molecule has 0 aliphatic carbocycles. The molecule has 0 spiro atoms. The summed E-state index contributed by atoms with van der Waals surface area (Å²) in [4.78, 5) is 0. The summed E-state index contributed by atoms with van der Waals surface area (Å²) >= 11 is 0. The first-order valence-electron chi connectivity index (χ1n) is 5.65. The Morgan fingerprint density at radius 1 is 1.47 bits per heavy atom. The van der Waals surface area contributed by atoms with Crippen LogP contribution in [0.1, 0.15) is 26.2 Å². The summed E-state index contributed by atoms with van der Waals surface area (Å²) in [5.74, 6) is 0.672.